The first-order valence-corrected chi connectivity index (χ1v) is 8.10. The topological polar surface area (TPSA) is 20.3 Å². The third kappa shape index (κ3) is 3.99. The van der Waals surface area contributed by atoms with Gasteiger partial charge in [-0.05, 0) is 43.9 Å². The number of piperidine rings is 1. The first kappa shape index (κ1) is 16.3. The summed E-state index contributed by atoms with van der Waals surface area (Å²) in [6, 6.07) is 4.79. The second-order valence-electron chi connectivity index (χ2n) is 5.20. The molecule has 0 aliphatic carbocycles. The molecule has 0 aromatic heterocycles. The Kier molecular flexibility index (Phi) is 5.30. The van der Waals surface area contributed by atoms with E-state index in [4.69, 9.17) is 0 Å². The molecule has 0 saturated carbocycles. The van der Waals surface area contributed by atoms with Crippen LogP contribution in [-0.4, -0.2) is 28.7 Å². The summed E-state index contributed by atoms with van der Waals surface area (Å²) in [6.07, 6.45) is -0.720. The number of hydrogen-bond acceptors (Lipinski definition) is 1. The van der Waals surface area contributed by atoms with Crippen LogP contribution in [0, 0.1) is 0 Å². The molecular weight excluding hydrogens is 347 g/mol. The molecule has 1 saturated heterocycles. The quantitative estimate of drug-likeness (QED) is 0.724. The van der Waals surface area contributed by atoms with Crippen molar-refractivity contribution < 1.29 is 18.0 Å². The van der Waals surface area contributed by atoms with Crippen molar-refractivity contribution in [3.63, 3.8) is 0 Å². The number of amides is 1. The van der Waals surface area contributed by atoms with E-state index in [1.165, 1.54) is 12.1 Å². The van der Waals surface area contributed by atoms with Crippen molar-refractivity contribution in [1.29, 1.82) is 0 Å². The maximum atomic E-state index is 12.7. The van der Waals surface area contributed by atoms with Crippen molar-refractivity contribution >= 4 is 21.8 Å². The molecule has 2 nitrogen and oxygen atoms in total. The second kappa shape index (κ2) is 6.81. The minimum absolute atomic E-state index is 0.111. The lowest BCUT2D eigenvalue weighted by Gasteiger charge is -2.35. The molecule has 0 radical (unpaired) electrons. The molecule has 1 fully saturated rings. The van der Waals surface area contributed by atoms with Crippen LogP contribution in [0.1, 0.15) is 41.6 Å². The summed E-state index contributed by atoms with van der Waals surface area (Å²) in [5, 5.41) is 0.782. The number of likely N-dealkylation sites (tertiary alicyclic amines) is 1. The highest BCUT2D eigenvalue weighted by molar-refractivity contribution is 9.09. The molecule has 116 valence electrons. The minimum atomic E-state index is -4.42. The van der Waals surface area contributed by atoms with E-state index in [-0.39, 0.29) is 17.5 Å². The molecule has 1 aromatic carbocycles. The van der Waals surface area contributed by atoms with E-state index in [2.05, 4.69) is 15.9 Å². The van der Waals surface area contributed by atoms with E-state index < -0.39 is 11.7 Å². The van der Waals surface area contributed by atoms with E-state index in [0.717, 1.165) is 43.1 Å². The molecule has 1 amide bonds. The molecule has 21 heavy (non-hydrogen) atoms. The van der Waals surface area contributed by atoms with Gasteiger partial charge in [-0.1, -0.05) is 22.0 Å². The Morgan fingerprint density at radius 2 is 2.10 bits per heavy atom. The summed E-state index contributed by atoms with van der Waals surface area (Å²) in [4.78, 5) is 14.2. The fourth-order valence-electron chi connectivity index (χ4n) is 2.69. The van der Waals surface area contributed by atoms with Crippen molar-refractivity contribution in [2.24, 2.45) is 0 Å². The van der Waals surface area contributed by atoms with E-state index in [1.54, 1.807) is 4.90 Å². The predicted octanol–water partition coefficient (Wildman–Crippen LogP) is 4.49. The van der Waals surface area contributed by atoms with E-state index in [0.29, 0.717) is 6.54 Å². The molecule has 1 atom stereocenters. The lowest BCUT2D eigenvalue weighted by Crippen LogP contribution is -2.44. The highest BCUT2D eigenvalue weighted by Gasteiger charge is 2.32. The smallest absolute Gasteiger partial charge is 0.336 e. The molecule has 1 unspecified atom stereocenters. The van der Waals surface area contributed by atoms with Crippen LogP contribution in [-0.2, 0) is 6.18 Å². The monoisotopic (exact) mass is 363 g/mol. The summed E-state index contributed by atoms with van der Waals surface area (Å²) in [6.45, 7) is 0.618. The van der Waals surface area contributed by atoms with Crippen molar-refractivity contribution in [2.45, 2.75) is 37.9 Å². The van der Waals surface area contributed by atoms with Crippen LogP contribution < -0.4 is 0 Å². The fourth-order valence-corrected chi connectivity index (χ4v) is 3.22. The Bertz CT molecular complexity index is 502. The van der Waals surface area contributed by atoms with Gasteiger partial charge in [0.25, 0.3) is 5.91 Å². The second-order valence-corrected chi connectivity index (χ2v) is 6.00. The minimum Gasteiger partial charge on any atom is -0.336 e. The van der Waals surface area contributed by atoms with E-state index in [1.807, 2.05) is 0 Å². The molecular formula is C15H17BrF3NO. The third-order valence-corrected chi connectivity index (χ3v) is 4.23. The molecule has 1 aliphatic rings. The standard InChI is InChI=1S/C15H17BrF3NO/c16-8-7-13-6-1-2-9-20(13)14(21)11-4-3-5-12(10-11)15(17,18)19/h3-5,10,13H,1-2,6-9H2. The Labute approximate surface area is 130 Å². The maximum Gasteiger partial charge on any atom is 0.416 e. The van der Waals surface area contributed by atoms with Crippen molar-refractivity contribution in [2.75, 3.05) is 11.9 Å². The first-order valence-electron chi connectivity index (χ1n) is 6.97. The van der Waals surface area contributed by atoms with Gasteiger partial charge in [-0.25, -0.2) is 0 Å². The van der Waals surface area contributed by atoms with Crippen molar-refractivity contribution in [3.8, 4) is 0 Å². The first-order chi connectivity index (χ1) is 9.93. The molecule has 0 bridgehead atoms. The number of alkyl halides is 4. The number of carbonyl (C=O) groups is 1. The lowest BCUT2D eigenvalue weighted by molar-refractivity contribution is -0.137. The molecule has 1 aromatic rings. The molecule has 6 heteroatoms. The third-order valence-electron chi connectivity index (χ3n) is 3.77. The normalized spacial score (nSPS) is 19.6. The van der Waals surface area contributed by atoms with Crippen LogP contribution >= 0.6 is 15.9 Å². The number of benzene rings is 1. The Morgan fingerprint density at radius 1 is 1.33 bits per heavy atom. The van der Waals surface area contributed by atoms with Crippen LogP contribution in [0.15, 0.2) is 24.3 Å². The highest BCUT2D eigenvalue weighted by atomic mass is 79.9. The number of hydrogen-bond donors (Lipinski definition) is 0. The van der Waals surface area contributed by atoms with Crippen LogP contribution in [0.25, 0.3) is 0 Å². The van der Waals surface area contributed by atoms with Gasteiger partial charge in [0, 0.05) is 23.5 Å². The number of rotatable bonds is 3. The molecule has 0 spiro atoms. The molecule has 2 rings (SSSR count). The van der Waals surface area contributed by atoms with Gasteiger partial charge in [0.1, 0.15) is 0 Å². The number of carbonyl (C=O) groups excluding carboxylic acids is 1. The zero-order chi connectivity index (χ0) is 15.5. The van der Waals surface area contributed by atoms with Gasteiger partial charge in [-0.15, -0.1) is 0 Å². The Morgan fingerprint density at radius 3 is 2.76 bits per heavy atom. The maximum absolute atomic E-state index is 12.7. The van der Waals surface area contributed by atoms with Gasteiger partial charge < -0.3 is 4.90 Å². The lowest BCUT2D eigenvalue weighted by atomic mass is 9.98. The average Bonchev–Trinajstić information content (AvgIpc) is 2.47. The summed E-state index contributed by atoms with van der Waals surface area (Å²) < 4.78 is 38.2. The zero-order valence-electron chi connectivity index (χ0n) is 11.5. The Balaban J connectivity index is 2.22. The van der Waals surface area contributed by atoms with Gasteiger partial charge in [0.05, 0.1) is 5.56 Å². The van der Waals surface area contributed by atoms with Gasteiger partial charge in [0.15, 0.2) is 0 Å². The van der Waals surface area contributed by atoms with Crippen molar-refractivity contribution in [3.05, 3.63) is 35.4 Å². The van der Waals surface area contributed by atoms with Crippen LogP contribution in [0.5, 0.6) is 0 Å². The highest BCUT2D eigenvalue weighted by Crippen LogP contribution is 2.30. The zero-order valence-corrected chi connectivity index (χ0v) is 13.1. The van der Waals surface area contributed by atoms with E-state index in [9.17, 15) is 18.0 Å². The van der Waals surface area contributed by atoms with Crippen LogP contribution in [0.3, 0.4) is 0 Å². The molecule has 1 aliphatic heterocycles. The number of nitrogens with zero attached hydrogens (tertiary/aromatic N) is 1. The van der Waals surface area contributed by atoms with Gasteiger partial charge in [-0.2, -0.15) is 13.2 Å². The van der Waals surface area contributed by atoms with Crippen molar-refractivity contribution in [1.82, 2.24) is 4.90 Å². The van der Waals surface area contributed by atoms with Gasteiger partial charge in [0.2, 0.25) is 0 Å². The van der Waals surface area contributed by atoms with Crippen LogP contribution in [0.4, 0.5) is 13.2 Å². The predicted molar refractivity (Wildman–Crippen MR) is 78.5 cm³/mol. The fraction of sp³-hybridized carbons (Fsp3) is 0.533. The molecule has 1 heterocycles. The van der Waals surface area contributed by atoms with E-state index >= 15 is 0 Å². The largest absolute Gasteiger partial charge is 0.416 e. The summed E-state index contributed by atoms with van der Waals surface area (Å²) >= 11 is 3.37. The summed E-state index contributed by atoms with van der Waals surface area (Å²) in [7, 11) is 0. The average molecular weight is 364 g/mol. The summed E-state index contributed by atoms with van der Waals surface area (Å²) in [5.41, 5.74) is -0.659. The Hall–Kier alpha value is -1.04. The SMILES string of the molecule is O=C(c1cccc(C(F)(F)F)c1)N1CCCCC1CCBr. The van der Waals surface area contributed by atoms with Gasteiger partial charge >= 0.3 is 6.18 Å². The summed E-state index contributed by atoms with van der Waals surface area (Å²) in [5.74, 6) is -0.299. The van der Waals surface area contributed by atoms with Crippen LogP contribution in [0.2, 0.25) is 0 Å². The number of halogens is 4. The van der Waals surface area contributed by atoms with Gasteiger partial charge in [-0.3, -0.25) is 4.79 Å². The molecule has 0 N–H and O–H groups in total.